The molecule has 20 heavy (non-hydrogen) atoms. The van der Waals surface area contributed by atoms with Crippen molar-refractivity contribution in [1.29, 1.82) is 5.26 Å². The van der Waals surface area contributed by atoms with E-state index in [1.807, 2.05) is 36.4 Å². The minimum Gasteiger partial charge on any atom is -0.353 e. The van der Waals surface area contributed by atoms with Gasteiger partial charge in [-0.2, -0.15) is 5.26 Å². The molecule has 0 aliphatic rings. The monoisotopic (exact) mass is 323 g/mol. The maximum Gasteiger partial charge on any atom is 0.0992 e. The summed E-state index contributed by atoms with van der Waals surface area (Å²) in [5, 5.41) is 13.3. The van der Waals surface area contributed by atoms with Gasteiger partial charge in [-0.15, -0.1) is 0 Å². The Hall–Kier alpha value is -2.38. The minimum atomic E-state index is 0.624. The van der Waals surface area contributed by atoms with Crippen molar-refractivity contribution in [2.45, 2.75) is 0 Å². The molecular formula is C16H10BrN3. The van der Waals surface area contributed by atoms with Crippen LogP contribution in [0.25, 0.3) is 10.9 Å². The normalized spacial score (nSPS) is 10.2. The summed E-state index contributed by atoms with van der Waals surface area (Å²) in [6.45, 7) is 0. The Labute approximate surface area is 125 Å². The number of benzene rings is 2. The van der Waals surface area contributed by atoms with E-state index in [1.165, 1.54) is 0 Å². The molecule has 0 saturated carbocycles. The average Bonchev–Trinajstić information content (AvgIpc) is 2.49. The third kappa shape index (κ3) is 2.36. The fourth-order valence-corrected chi connectivity index (χ4v) is 2.51. The molecule has 1 N–H and O–H groups in total. The van der Waals surface area contributed by atoms with Crippen LogP contribution in [0.2, 0.25) is 0 Å². The van der Waals surface area contributed by atoms with E-state index in [0.29, 0.717) is 5.56 Å². The van der Waals surface area contributed by atoms with Gasteiger partial charge < -0.3 is 5.32 Å². The molecule has 0 unspecified atom stereocenters. The molecule has 3 rings (SSSR count). The number of halogens is 1. The number of hydrogen-bond donors (Lipinski definition) is 1. The molecule has 3 nitrogen and oxygen atoms in total. The van der Waals surface area contributed by atoms with E-state index in [2.05, 4.69) is 32.3 Å². The number of nitrogens with zero attached hydrogens (tertiary/aromatic N) is 2. The molecule has 0 bridgehead atoms. The molecule has 0 spiro atoms. The summed E-state index contributed by atoms with van der Waals surface area (Å²) in [4.78, 5) is 4.41. The first-order valence-electron chi connectivity index (χ1n) is 6.08. The van der Waals surface area contributed by atoms with E-state index in [0.717, 1.165) is 26.8 Å². The van der Waals surface area contributed by atoms with Crippen molar-refractivity contribution in [1.82, 2.24) is 4.98 Å². The lowest BCUT2D eigenvalue weighted by Crippen LogP contribution is -1.94. The zero-order valence-electron chi connectivity index (χ0n) is 10.5. The first-order valence-corrected chi connectivity index (χ1v) is 6.87. The van der Waals surface area contributed by atoms with Gasteiger partial charge in [-0.05, 0) is 46.3 Å². The van der Waals surface area contributed by atoms with Crippen LogP contribution in [0, 0.1) is 11.3 Å². The standard InChI is InChI=1S/C16H10BrN3/c17-13-9-11(10-18)6-7-14(13)20-15-5-1-3-12-4-2-8-19-16(12)15/h1-9,20H. The average molecular weight is 324 g/mol. The molecular weight excluding hydrogens is 314 g/mol. The number of nitriles is 1. The van der Waals surface area contributed by atoms with E-state index in [9.17, 15) is 0 Å². The van der Waals surface area contributed by atoms with Crippen molar-refractivity contribution in [3.8, 4) is 6.07 Å². The molecule has 0 atom stereocenters. The summed E-state index contributed by atoms with van der Waals surface area (Å²) in [6.07, 6.45) is 1.78. The largest absolute Gasteiger partial charge is 0.353 e. The molecule has 1 heterocycles. The van der Waals surface area contributed by atoms with Gasteiger partial charge in [0, 0.05) is 16.1 Å². The summed E-state index contributed by atoms with van der Waals surface area (Å²) >= 11 is 3.48. The van der Waals surface area contributed by atoms with Crippen LogP contribution >= 0.6 is 15.9 Å². The fourth-order valence-electron chi connectivity index (χ4n) is 2.04. The van der Waals surface area contributed by atoms with Crippen molar-refractivity contribution in [3.63, 3.8) is 0 Å². The Balaban J connectivity index is 2.04. The van der Waals surface area contributed by atoms with Gasteiger partial charge in [-0.3, -0.25) is 4.98 Å². The van der Waals surface area contributed by atoms with E-state index < -0.39 is 0 Å². The highest BCUT2D eigenvalue weighted by atomic mass is 79.9. The highest BCUT2D eigenvalue weighted by Gasteiger charge is 2.05. The number of pyridine rings is 1. The van der Waals surface area contributed by atoms with Crippen LogP contribution < -0.4 is 5.32 Å². The number of nitrogens with one attached hydrogen (secondary N) is 1. The second kappa shape index (κ2) is 5.32. The summed E-state index contributed by atoms with van der Waals surface area (Å²) in [7, 11) is 0. The number of hydrogen-bond acceptors (Lipinski definition) is 3. The van der Waals surface area contributed by atoms with Gasteiger partial charge in [-0.25, -0.2) is 0 Å². The lowest BCUT2D eigenvalue weighted by molar-refractivity contribution is 1.40. The van der Waals surface area contributed by atoms with Gasteiger partial charge in [-0.1, -0.05) is 18.2 Å². The highest BCUT2D eigenvalue weighted by Crippen LogP contribution is 2.29. The lowest BCUT2D eigenvalue weighted by atomic mass is 10.1. The summed E-state index contributed by atoms with van der Waals surface area (Å²) in [5.41, 5.74) is 3.39. The number of para-hydroxylation sites is 1. The van der Waals surface area contributed by atoms with Gasteiger partial charge in [0.25, 0.3) is 0 Å². The third-order valence-electron chi connectivity index (χ3n) is 3.00. The molecule has 2 aromatic carbocycles. The number of rotatable bonds is 2. The van der Waals surface area contributed by atoms with Gasteiger partial charge in [0.05, 0.1) is 28.5 Å². The predicted octanol–water partition coefficient (Wildman–Crippen LogP) is 4.61. The smallest absolute Gasteiger partial charge is 0.0992 e. The maximum atomic E-state index is 8.88. The molecule has 4 heteroatoms. The Morgan fingerprint density at radius 3 is 2.70 bits per heavy atom. The SMILES string of the molecule is N#Cc1ccc(Nc2cccc3cccnc23)c(Br)c1. The van der Waals surface area contributed by atoms with E-state index in [4.69, 9.17) is 5.26 Å². The first-order chi connectivity index (χ1) is 9.78. The Morgan fingerprint density at radius 2 is 1.90 bits per heavy atom. The number of aromatic nitrogens is 1. The number of anilines is 2. The van der Waals surface area contributed by atoms with Crippen LogP contribution in [0.15, 0.2) is 59.2 Å². The second-order valence-corrected chi connectivity index (χ2v) is 5.17. The van der Waals surface area contributed by atoms with Crippen molar-refractivity contribution >= 4 is 38.2 Å². The Morgan fingerprint density at radius 1 is 1.05 bits per heavy atom. The van der Waals surface area contributed by atoms with Crippen molar-refractivity contribution in [3.05, 3.63) is 64.8 Å². The van der Waals surface area contributed by atoms with Crippen LogP contribution in [-0.4, -0.2) is 4.98 Å². The third-order valence-corrected chi connectivity index (χ3v) is 3.66. The topological polar surface area (TPSA) is 48.7 Å². The zero-order valence-corrected chi connectivity index (χ0v) is 12.1. The number of fused-ring (bicyclic) bond motifs is 1. The minimum absolute atomic E-state index is 0.624. The molecule has 3 aromatic rings. The van der Waals surface area contributed by atoms with Gasteiger partial charge in [0.2, 0.25) is 0 Å². The van der Waals surface area contributed by atoms with E-state index in [1.54, 1.807) is 18.3 Å². The van der Waals surface area contributed by atoms with Crippen LogP contribution in [0.3, 0.4) is 0 Å². The van der Waals surface area contributed by atoms with Crippen LogP contribution in [0.5, 0.6) is 0 Å². The van der Waals surface area contributed by atoms with Crippen LogP contribution in [0.4, 0.5) is 11.4 Å². The Bertz CT molecular complexity index is 816. The highest BCUT2D eigenvalue weighted by molar-refractivity contribution is 9.10. The molecule has 0 radical (unpaired) electrons. The first kappa shape index (κ1) is 12.6. The van der Waals surface area contributed by atoms with Crippen molar-refractivity contribution < 1.29 is 0 Å². The molecule has 0 aliphatic carbocycles. The summed E-state index contributed by atoms with van der Waals surface area (Å²) in [5.74, 6) is 0. The molecule has 0 saturated heterocycles. The zero-order chi connectivity index (χ0) is 13.9. The summed E-state index contributed by atoms with van der Waals surface area (Å²) in [6, 6.07) is 17.5. The van der Waals surface area contributed by atoms with Crippen molar-refractivity contribution in [2.75, 3.05) is 5.32 Å². The lowest BCUT2D eigenvalue weighted by Gasteiger charge is -2.10. The van der Waals surface area contributed by atoms with Gasteiger partial charge in [0.1, 0.15) is 0 Å². The molecule has 1 aromatic heterocycles. The quantitative estimate of drug-likeness (QED) is 0.749. The van der Waals surface area contributed by atoms with Crippen LogP contribution in [-0.2, 0) is 0 Å². The van der Waals surface area contributed by atoms with Crippen LogP contribution in [0.1, 0.15) is 5.56 Å². The molecule has 0 amide bonds. The second-order valence-electron chi connectivity index (χ2n) is 4.31. The van der Waals surface area contributed by atoms with Gasteiger partial charge >= 0.3 is 0 Å². The molecule has 0 fully saturated rings. The van der Waals surface area contributed by atoms with E-state index in [-0.39, 0.29) is 0 Å². The van der Waals surface area contributed by atoms with Crippen molar-refractivity contribution in [2.24, 2.45) is 0 Å². The van der Waals surface area contributed by atoms with E-state index >= 15 is 0 Å². The maximum absolute atomic E-state index is 8.88. The molecule has 0 aliphatic heterocycles. The Kier molecular flexibility index (Phi) is 3.36. The van der Waals surface area contributed by atoms with Gasteiger partial charge in [0.15, 0.2) is 0 Å². The predicted molar refractivity (Wildman–Crippen MR) is 83.9 cm³/mol. The fraction of sp³-hybridized carbons (Fsp3) is 0. The molecule has 96 valence electrons. The summed E-state index contributed by atoms with van der Waals surface area (Å²) < 4.78 is 0.851.